The summed E-state index contributed by atoms with van der Waals surface area (Å²) in [6.45, 7) is 1.34. The van der Waals surface area contributed by atoms with Gasteiger partial charge in [-0.3, -0.25) is 4.79 Å². The maximum absolute atomic E-state index is 11.7. The lowest BCUT2D eigenvalue weighted by atomic mass is 10.1. The molecule has 5 nitrogen and oxygen atoms in total. The predicted octanol–water partition coefficient (Wildman–Crippen LogP) is 0.492. The first-order valence-electron chi connectivity index (χ1n) is 5.68. The molecule has 0 atom stereocenters. The molecule has 0 bridgehead atoms. The van der Waals surface area contributed by atoms with Gasteiger partial charge in [0.2, 0.25) is 5.91 Å². The van der Waals surface area contributed by atoms with Crippen LogP contribution in [0.1, 0.15) is 11.1 Å². The first-order valence-corrected chi connectivity index (χ1v) is 5.68. The molecule has 5 heteroatoms. The molecule has 0 spiro atoms. The van der Waals surface area contributed by atoms with Crippen LogP contribution in [0.25, 0.3) is 0 Å². The molecule has 1 aromatic carbocycles. The Morgan fingerprint density at radius 1 is 1.44 bits per heavy atom. The third-order valence-corrected chi connectivity index (χ3v) is 2.42. The Kier molecular flexibility index (Phi) is 5.85. The van der Waals surface area contributed by atoms with Crippen LogP contribution in [0.3, 0.4) is 0 Å². The van der Waals surface area contributed by atoms with Gasteiger partial charge < -0.3 is 15.4 Å². The van der Waals surface area contributed by atoms with Crippen molar-refractivity contribution in [3.8, 4) is 6.07 Å². The minimum atomic E-state index is -0.0900. The molecule has 0 unspecified atom stereocenters. The topological polar surface area (TPSA) is 79.3 Å². The Labute approximate surface area is 107 Å². The Balaban J connectivity index is 2.45. The van der Waals surface area contributed by atoms with Gasteiger partial charge in [-0.15, -0.1) is 0 Å². The van der Waals surface area contributed by atoms with E-state index in [0.717, 1.165) is 5.56 Å². The molecular weight excluding hydrogens is 230 g/mol. The minimum absolute atomic E-state index is 0.0456. The molecule has 1 amide bonds. The highest BCUT2D eigenvalue weighted by molar-refractivity contribution is 5.77. The third-order valence-electron chi connectivity index (χ3n) is 2.42. The number of nitrogens with two attached hydrogens (primary N) is 1. The van der Waals surface area contributed by atoms with Crippen molar-refractivity contribution in [3.63, 3.8) is 0 Å². The fourth-order valence-corrected chi connectivity index (χ4v) is 1.40. The van der Waals surface area contributed by atoms with Crippen LogP contribution >= 0.6 is 0 Å². The third kappa shape index (κ3) is 4.53. The normalized spacial score (nSPS) is 9.83. The molecule has 0 aliphatic carbocycles. The summed E-state index contributed by atoms with van der Waals surface area (Å²) in [6, 6.07) is 9.19. The number of likely N-dealkylation sites (N-methyl/N-ethyl adjacent to an activating group) is 1. The number of nitrogens with zero attached hydrogens (tertiary/aromatic N) is 2. The van der Waals surface area contributed by atoms with Gasteiger partial charge in [-0.2, -0.15) is 5.26 Å². The average Bonchev–Trinajstić information content (AvgIpc) is 2.39. The van der Waals surface area contributed by atoms with Crippen LogP contribution in [0.2, 0.25) is 0 Å². The summed E-state index contributed by atoms with van der Waals surface area (Å²) in [7, 11) is 1.71. The Morgan fingerprint density at radius 2 is 2.11 bits per heavy atom. The van der Waals surface area contributed by atoms with E-state index in [9.17, 15) is 4.79 Å². The molecule has 0 radical (unpaired) electrons. The highest BCUT2D eigenvalue weighted by Gasteiger charge is 2.09. The molecule has 0 aromatic heterocycles. The van der Waals surface area contributed by atoms with E-state index in [2.05, 4.69) is 6.07 Å². The number of nitriles is 1. The lowest BCUT2D eigenvalue weighted by molar-refractivity contribution is -0.135. The zero-order valence-electron chi connectivity index (χ0n) is 10.4. The first-order chi connectivity index (χ1) is 8.67. The SMILES string of the molecule is CN(Cc1ccc(C#N)cc1)C(=O)COCCN. The predicted molar refractivity (Wildman–Crippen MR) is 67.5 cm³/mol. The summed E-state index contributed by atoms with van der Waals surface area (Å²) >= 11 is 0. The Hall–Kier alpha value is -1.90. The van der Waals surface area contributed by atoms with Crippen LogP contribution in [-0.4, -0.2) is 37.6 Å². The summed E-state index contributed by atoms with van der Waals surface area (Å²) in [6.07, 6.45) is 0. The van der Waals surface area contributed by atoms with Gasteiger partial charge in [-0.25, -0.2) is 0 Å². The van der Waals surface area contributed by atoms with Crippen molar-refractivity contribution in [2.45, 2.75) is 6.54 Å². The zero-order valence-corrected chi connectivity index (χ0v) is 10.4. The second-order valence-corrected chi connectivity index (χ2v) is 3.90. The number of ether oxygens (including phenoxy) is 1. The molecule has 0 aliphatic heterocycles. The van der Waals surface area contributed by atoms with E-state index in [0.29, 0.717) is 25.3 Å². The van der Waals surface area contributed by atoms with E-state index < -0.39 is 0 Å². The smallest absolute Gasteiger partial charge is 0.248 e. The van der Waals surface area contributed by atoms with Gasteiger partial charge in [0, 0.05) is 20.1 Å². The molecule has 2 N–H and O–H groups in total. The molecule has 0 saturated heterocycles. The number of hydrogen-bond donors (Lipinski definition) is 1. The van der Waals surface area contributed by atoms with Gasteiger partial charge in [0.15, 0.2) is 0 Å². The summed E-state index contributed by atoms with van der Waals surface area (Å²) in [4.78, 5) is 13.2. The molecule has 0 aliphatic rings. The largest absolute Gasteiger partial charge is 0.370 e. The van der Waals surface area contributed by atoms with E-state index in [1.165, 1.54) is 0 Å². The second-order valence-electron chi connectivity index (χ2n) is 3.90. The van der Waals surface area contributed by atoms with Crippen molar-refractivity contribution >= 4 is 5.91 Å². The van der Waals surface area contributed by atoms with Gasteiger partial charge >= 0.3 is 0 Å². The van der Waals surface area contributed by atoms with E-state index in [-0.39, 0.29) is 12.5 Å². The second kappa shape index (κ2) is 7.43. The summed E-state index contributed by atoms with van der Waals surface area (Å²) in [5.41, 5.74) is 6.85. The molecule has 0 fully saturated rings. The maximum Gasteiger partial charge on any atom is 0.248 e. The highest BCUT2D eigenvalue weighted by Crippen LogP contribution is 2.06. The van der Waals surface area contributed by atoms with E-state index >= 15 is 0 Å². The van der Waals surface area contributed by atoms with Crippen LogP contribution in [0.5, 0.6) is 0 Å². The van der Waals surface area contributed by atoms with Crippen molar-refractivity contribution in [3.05, 3.63) is 35.4 Å². The van der Waals surface area contributed by atoms with Crippen LogP contribution in [0, 0.1) is 11.3 Å². The summed E-state index contributed by atoms with van der Waals surface area (Å²) in [5.74, 6) is -0.0900. The van der Waals surface area contributed by atoms with Crippen LogP contribution in [-0.2, 0) is 16.1 Å². The van der Waals surface area contributed by atoms with Gasteiger partial charge in [-0.1, -0.05) is 12.1 Å². The fourth-order valence-electron chi connectivity index (χ4n) is 1.40. The Bertz CT molecular complexity index is 423. The molecule has 1 aromatic rings. The van der Waals surface area contributed by atoms with E-state index in [1.807, 2.05) is 12.1 Å². The standard InChI is InChI=1S/C13H17N3O2/c1-16(13(17)10-18-7-6-14)9-12-4-2-11(8-15)3-5-12/h2-5H,6-7,9-10,14H2,1H3. The van der Waals surface area contributed by atoms with Crippen molar-refractivity contribution in [2.75, 3.05) is 26.8 Å². The van der Waals surface area contributed by atoms with Crippen LogP contribution in [0.15, 0.2) is 24.3 Å². The van der Waals surface area contributed by atoms with Crippen molar-refractivity contribution in [1.29, 1.82) is 5.26 Å². The van der Waals surface area contributed by atoms with Gasteiger partial charge in [0.1, 0.15) is 6.61 Å². The maximum atomic E-state index is 11.7. The van der Waals surface area contributed by atoms with Crippen molar-refractivity contribution in [2.24, 2.45) is 5.73 Å². The number of carbonyl (C=O) groups is 1. The van der Waals surface area contributed by atoms with Gasteiger partial charge in [0.05, 0.1) is 18.2 Å². The quantitative estimate of drug-likeness (QED) is 0.742. The minimum Gasteiger partial charge on any atom is -0.370 e. The van der Waals surface area contributed by atoms with E-state index in [4.69, 9.17) is 15.7 Å². The average molecular weight is 247 g/mol. The number of carbonyl (C=O) groups excluding carboxylic acids is 1. The van der Waals surface area contributed by atoms with Gasteiger partial charge in [-0.05, 0) is 17.7 Å². The van der Waals surface area contributed by atoms with Crippen LogP contribution in [0.4, 0.5) is 0 Å². The molecular formula is C13H17N3O2. The van der Waals surface area contributed by atoms with Crippen molar-refractivity contribution < 1.29 is 9.53 Å². The molecule has 0 heterocycles. The Morgan fingerprint density at radius 3 is 2.67 bits per heavy atom. The summed E-state index contributed by atoms with van der Waals surface area (Å²) < 4.78 is 5.08. The highest BCUT2D eigenvalue weighted by atomic mass is 16.5. The molecule has 0 saturated carbocycles. The number of rotatable bonds is 6. The lowest BCUT2D eigenvalue weighted by Crippen LogP contribution is -2.30. The number of amides is 1. The molecule has 96 valence electrons. The first kappa shape index (κ1) is 14.2. The summed E-state index contributed by atoms with van der Waals surface area (Å²) in [5, 5.41) is 8.68. The van der Waals surface area contributed by atoms with Crippen LogP contribution < -0.4 is 5.73 Å². The van der Waals surface area contributed by atoms with Crippen molar-refractivity contribution in [1.82, 2.24) is 4.90 Å². The zero-order chi connectivity index (χ0) is 13.4. The number of benzene rings is 1. The molecule has 1 rings (SSSR count). The van der Waals surface area contributed by atoms with Gasteiger partial charge in [0.25, 0.3) is 0 Å². The molecule has 18 heavy (non-hydrogen) atoms. The monoisotopic (exact) mass is 247 g/mol. The number of hydrogen-bond acceptors (Lipinski definition) is 4. The van der Waals surface area contributed by atoms with E-state index in [1.54, 1.807) is 24.1 Å². The lowest BCUT2D eigenvalue weighted by Gasteiger charge is -2.17. The fraction of sp³-hybridized carbons (Fsp3) is 0.385.